The number of rotatable bonds is 5. The van der Waals surface area contributed by atoms with Crippen molar-refractivity contribution in [1.82, 2.24) is 4.31 Å². The van der Waals surface area contributed by atoms with Gasteiger partial charge in [-0.25, -0.2) is 17.7 Å². The highest BCUT2D eigenvalue weighted by Crippen LogP contribution is 2.38. The number of benzene rings is 2. The molecule has 0 aromatic heterocycles. The van der Waals surface area contributed by atoms with E-state index in [9.17, 15) is 36.2 Å². The van der Waals surface area contributed by atoms with Crippen LogP contribution in [-0.2, 0) is 16.2 Å². The molecule has 0 aliphatic carbocycles. The predicted octanol–water partition coefficient (Wildman–Crippen LogP) is 2.88. The van der Waals surface area contributed by atoms with Gasteiger partial charge in [-0.15, -0.1) is 0 Å². The van der Waals surface area contributed by atoms with E-state index < -0.39 is 69.6 Å². The van der Waals surface area contributed by atoms with Crippen molar-refractivity contribution < 1.29 is 40.9 Å². The van der Waals surface area contributed by atoms with Crippen LogP contribution in [0, 0.1) is 19.3 Å². The molecule has 32 heavy (non-hydrogen) atoms. The summed E-state index contributed by atoms with van der Waals surface area (Å²) in [6.45, 7) is 6.58. The van der Waals surface area contributed by atoms with Gasteiger partial charge in [-0.2, -0.15) is 17.5 Å². The lowest BCUT2D eigenvalue weighted by molar-refractivity contribution is -0.137. The summed E-state index contributed by atoms with van der Waals surface area (Å²) in [5.41, 5.74) is -3.66. The van der Waals surface area contributed by atoms with E-state index in [1.54, 1.807) is 0 Å². The van der Waals surface area contributed by atoms with Gasteiger partial charge >= 0.3 is 6.18 Å². The molecule has 172 valence electrons. The normalized spacial score (nSPS) is 22.0. The minimum Gasteiger partial charge on any atom is -0.486 e. The molecule has 2 aromatic carbocycles. The SMILES string of the molecule is [C-]#[N+]c1cc(C(F)(F)F)ccc1S(=O)(=O)N1C[C@H](Oc2ccc(C)c(F)c2)[C@](O)(CO)C1. The van der Waals surface area contributed by atoms with Gasteiger partial charge in [0.2, 0.25) is 15.7 Å². The van der Waals surface area contributed by atoms with E-state index in [-0.39, 0.29) is 5.75 Å². The Labute approximate surface area is 181 Å². The summed E-state index contributed by atoms with van der Waals surface area (Å²) in [6.07, 6.45) is -6.08. The second-order valence-corrected chi connectivity index (χ2v) is 9.28. The van der Waals surface area contributed by atoms with Crippen LogP contribution in [0.4, 0.5) is 23.2 Å². The Morgan fingerprint density at radius 1 is 1.28 bits per heavy atom. The summed E-state index contributed by atoms with van der Waals surface area (Å²) in [5.74, 6) is -0.607. The fourth-order valence-corrected chi connectivity index (χ4v) is 4.87. The zero-order valence-corrected chi connectivity index (χ0v) is 17.4. The molecular formula is C20H18F4N2O5S. The number of aliphatic hydroxyl groups is 2. The Bertz CT molecular complexity index is 1180. The molecule has 0 saturated carbocycles. The molecule has 1 saturated heterocycles. The number of sulfonamides is 1. The highest BCUT2D eigenvalue weighted by Gasteiger charge is 2.51. The van der Waals surface area contributed by atoms with Gasteiger partial charge in [-0.05, 0) is 24.6 Å². The number of alkyl halides is 3. The first kappa shape index (κ1) is 23.9. The molecule has 0 spiro atoms. The smallest absolute Gasteiger partial charge is 0.415 e. The third kappa shape index (κ3) is 4.42. The van der Waals surface area contributed by atoms with E-state index in [4.69, 9.17) is 11.3 Å². The quantitative estimate of drug-likeness (QED) is 0.514. The van der Waals surface area contributed by atoms with E-state index in [0.717, 1.165) is 6.07 Å². The minimum absolute atomic E-state index is 0.0133. The summed E-state index contributed by atoms with van der Waals surface area (Å²) in [4.78, 5) is 2.22. The van der Waals surface area contributed by atoms with E-state index in [1.807, 2.05) is 0 Å². The number of ether oxygens (including phenoxy) is 1. The number of hydrogen-bond acceptors (Lipinski definition) is 5. The number of hydrogen-bond donors (Lipinski definition) is 2. The van der Waals surface area contributed by atoms with Gasteiger partial charge in [0.25, 0.3) is 0 Å². The Kier molecular flexibility index (Phi) is 6.23. The highest BCUT2D eigenvalue weighted by atomic mass is 32.2. The first-order valence-electron chi connectivity index (χ1n) is 9.17. The van der Waals surface area contributed by atoms with Gasteiger partial charge in [0.15, 0.2) is 0 Å². The maximum atomic E-state index is 13.8. The first-order chi connectivity index (χ1) is 14.8. The van der Waals surface area contributed by atoms with Crippen LogP contribution in [0.5, 0.6) is 5.75 Å². The predicted molar refractivity (Wildman–Crippen MR) is 104 cm³/mol. The van der Waals surface area contributed by atoms with Crippen LogP contribution in [-0.4, -0.2) is 54.3 Å². The molecule has 12 heteroatoms. The highest BCUT2D eigenvalue weighted by molar-refractivity contribution is 7.89. The number of halogens is 4. The molecule has 3 rings (SSSR count). The summed E-state index contributed by atoms with van der Waals surface area (Å²) in [7, 11) is -4.54. The van der Waals surface area contributed by atoms with Crippen molar-refractivity contribution >= 4 is 15.7 Å². The third-order valence-corrected chi connectivity index (χ3v) is 7.00. The van der Waals surface area contributed by atoms with E-state index >= 15 is 0 Å². The number of β-amino-alcohol motifs (C(OH)–C–C–N with tert-alkyl or cyclic N) is 1. The van der Waals surface area contributed by atoms with Crippen LogP contribution in [0.3, 0.4) is 0 Å². The summed E-state index contributed by atoms with van der Waals surface area (Å²) >= 11 is 0. The average Bonchev–Trinajstić information content (AvgIpc) is 3.07. The minimum atomic E-state index is -4.77. The van der Waals surface area contributed by atoms with Crippen molar-refractivity contribution in [3.05, 3.63) is 64.8 Å². The molecule has 2 atom stereocenters. The monoisotopic (exact) mass is 474 g/mol. The van der Waals surface area contributed by atoms with Crippen LogP contribution < -0.4 is 4.74 Å². The average molecular weight is 474 g/mol. The maximum Gasteiger partial charge on any atom is 0.415 e. The van der Waals surface area contributed by atoms with Crippen LogP contribution in [0.25, 0.3) is 4.85 Å². The van der Waals surface area contributed by atoms with Gasteiger partial charge in [-0.3, -0.25) is 0 Å². The van der Waals surface area contributed by atoms with E-state index in [0.29, 0.717) is 28.1 Å². The van der Waals surface area contributed by atoms with Gasteiger partial charge in [0.1, 0.15) is 23.3 Å². The van der Waals surface area contributed by atoms with Crippen molar-refractivity contribution in [2.45, 2.75) is 29.7 Å². The number of nitrogens with zero attached hydrogens (tertiary/aromatic N) is 2. The van der Waals surface area contributed by atoms with Crippen molar-refractivity contribution in [2.24, 2.45) is 0 Å². The molecule has 1 aliphatic heterocycles. The zero-order valence-electron chi connectivity index (χ0n) is 16.6. The Morgan fingerprint density at radius 3 is 2.53 bits per heavy atom. The maximum absolute atomic E-state index is 13.8. The Balaban J connectivity index is 1.94. The molecule has 7 nitrogen and oxygen atoms in total. The van der Waals surface area contributed by atoms with Gasteiger partial charge in [-0.1, -0.05) is 18.2 Å². The third-order valence-electron chi connectivity index (χ3n) is 5.14. The van der Waals surface area contributed by atoms with Crippen LogP contribution >= 0.6 is 0 Å². The van der Waals surface area contributed by atoms with Gasteiger partial charge in [0.05, 0.1) is 24.6 Å². The van der Waals surface area contributed by atoms with Crippen molar-refractivity contribution in [3.8, 4) is 5.75 Å². The zero-order chi connectivity index (χ0) is 23.9. The second-order valence-electron chi connectivity index (χ2n) is 7.37. The largest absolute Gasteiger partial charge is 0.486 e. The molecule has 0 bridgehead atoms. The molecule has 2 N–H and O–H groups in total. The number of aryl methyl sites for hydroxylation is 1. The summed E-state index contributed by atoms with van der Waals surface area (Å²) < 4.78 is 85.0. The lowest BCUT2D eigenvalue weighted by Crippen LogP contribution is -2.48. The molecule has 1 heterocycles. The lowest BCUT2D eigenvalue weighted by atomic mass is 10.0. The van der Waals surface area contributed by atoms with Crippen molar-refractivity contribution in [2.75, 3.05) is 19.7 Å². The Morgan fingerprint density at radius 2 is 1.97 bits per heavy atom. The topological polar surface area (TPSA) is 91.4 Å². The fraction of sp³-hybridized carbons (Fsp3) is 0.350. The standard InChI is InChI=1S/C20H18F4N2O5S/c1-12-3-5-14(8-15(12)21)31-18-9-26(10-19(18,28)11-27)32(29,30)17-6-4-13(20(22,23)24)7-16(17)25-2/h3-8,18,27-28H,9-11H2,1H3/t18-,19+/m0/s1. The Hall–Kier alpha value is -2.72. The molecule has 1 fully saturated rings. The van der Waals surface area contributed by atoms with E-state index in [2.05, 4.69) is 4.85 Å². The fourth-order valence-electron chi connectivity index (χ4n) is 3.26. The van der Waals surface area contributed by atoms with Crippen LogP contribution in [0.1, 0.15) is 11.1 Å². The molecule has 1 aliphatic rings. The molecular weight excluding hydrogens is 456 g/mol. The molecule has 0 unspecified atom stereocenters. The summed E-state index contributed by atoms with van der Waals surface area (Å²) in [6, 6.07) is 5.50. The number of aliphatic hydroxyl groups excluding tert-OH is 1. The molecule has 0 radical (unpaired) electrons. The van der Waals surface area contributed by atoms with Crippen LogP contribution in [0.15, 0.2) is 41.3 Å². The van der Waals surface area contributed by atoms with Crippen LogP contribution in [0.2, 0.25) is 0 Å². The first-order valence-corrected chi connectivity index (χ1v) is 10.6. The lowest BCUT2D eigenvalue weighted by Gasteiger charge is -2.27. The van der Waals surface area contributed by atoms with Gasteiger partial charge in [0, 0.05) is 18.2 Å². The van der Waals surface area contributed by atoms with E-state index in [1.165, 1.54) is 19.1 Å². The summed E-state index contributed by atoms with van der Waals surface area (Å²) in [5, 5.41) is 20.4. The molecule has 2 aromatic rings. The van der Waals surface area contributed by atoms with Crippen molar-refractivity contribution in [1.29, 1.82) is 0 Å². The molecule has 0 amide bonds. The van der Waals surface area contributed by atoms with Crippen molar-refractivity contribution in [3.63, 3.8) is 0 Å². The van der Waals surface area contributed by atoms with Gasteiger partial charge < -0.3 is 14.9 Å². The second kappa shape index (κ2) is 8.32.